The largest absolute Gasteiger partial charge is 0.481 e. The second-order valence-electron chi connectivity index (χ2n) is 4.24. The first kappa shape index (κ1) is 17.6. The molecule has 0 saturated heterocycles. The molecule has 0 rings (SSSR count). The summed E-state index contributed by atoms with van der Waals surface area (Å²) in [5, 5.41) is 12.8. The summed E-state index contributed by atoms with van der Waals surface area (Å²) >= 11 is 0. The second kappa shape index (κ2) is 7.87. The fourth-order valence-electron chi connectivity index (χ4n) is 1.16. The van der Waals surface area contributed by atoms with Gasteiger partial charge in [0.2, 0.25) is 5.91 Å². The van der Waals surface area contributed by atoms with Crippen LogP contribution in [0.5, 0.6) is 0 Å². The zero-order valence-electron chi connectivity index (χ0n) is 11.4. The smallest absolute Gasteiger partial charge is 0.311 e. The van der Waals surface area contributed by atoms with Gasteiger partial charge < -0.3 is 25.4 Å². The SMILES string of the molecule is C[C@H](NC(=O)C(=O)N(C)C)C(=O)N[C@H](C=O)CC(=O)O. The Labute approximate surface area is 115 Å². The maximum absolute atomic E-state index is 11.6. The van der Waals surface area contributed by atoms with Gasteiger partial charge in [-0.15, -0.1) is 0 Å². The van der Waals surface area contributed by atoms with Gasteiger partial charge in [-0.3, -0.25) is 19.2 Å². The van der Waals surface area contributed by atoms with E-state index in [9.17, 15) is 24.0 Å². The van der Waals surface area contributed by atoms with Crippen molar-refractivity contribution in [3.8, 4) is 0 Å². The van der Waals surface area contributed by atoms with Gasteiger partial charge in [-0.1, -0.05) is 0 Å². The van der Waals surface area contributed by atoms with Crippen LogP contribution >= 0.6 is 0 Å². The third-order valence-electron chi connectivity index (χ3n) is 2.23. The number of carbonyl (C=O) groups excluding carboxylic acids is 4. The van der Waals surface area contributed by atoms with E-state index in [1.807, 2.05) is 0 Å². The molecular formula is C11H17N3O6. The summed E-state index contributed by atoms with van der Waals surface area (Å²) in [6.45, 7) is 1.30. The van der Waals surface area contributed by atoms with E-state index in [2.05, 4.69) is 10.6 Å². The summed E-state index contributed by atoms with van der Waals surface area (Å²) in [5.74, 6) is -3.81. The number of hydrogen-bond acceptors (Lipinski definition) is 5. The van der Waals surface area contributed by atoms with E-state index in [0.717, 1.165) is 4.90 Å². The minimum absolute atomic E-state index is 0.283. The molecule has 0 aliphatic heterocycles. The summed E-state index contributed by atoms with van der Waals surface area (Å²) in [7, 11) is 2.75. The fraction of sp³-hybridized carbons (Fsp3) is 0.545. The van der Waals surface area contributed by atoms with Gasteiger partial charge in [-0.05, 0) is 6.92 Å². The van der Waals surface area contributed by atoms with Gasteiger partial charge in [0.05, 0.1) is 12.5 Å². The molecule has 0 bridgehead atoms. The van der Waals surface area contributed by atoms with Crippen molar-refractivity contribution in [2.75, 3.05) is 14.1 Å². The van der Waals surface area contributed by atoms with E-state index in [4.69, 9.17) is 5.11 Å². The molecule has 9 heteroatoms. The minimum atomic E-state index is -1.25. The van der Waals surface area contributed by atoms with Crippen LogP contribution in [0.4, 0.5) is 0 Å². The molecule has 0 heterocycles. The highest BCUT2D eigenvalue weighted by Gasteiger charge is 2.23. The molecule has 9 nitrogen and oxygen atoms in total. The van der Waals surface area contributed by atoms with Gasteiger partial charge in [-0.25, -0.2) is 0 Å². The Bertz CT molecular complexity index is 420. The summed E-state index contributed by atoms with van der Waals surface area (Å²) in [6, 6.07) is -2.27. The molecule has 0 fully saturated rings. The van der Waals surface area contributed by atoms with Crippen LogP contribution in [-0.2, 0) is 24.0 Å². The van der Waals surface area contributed by atoms with Crippen molar-refractivity contribution in [2.24, 2.45) is 0 Å². The Balaban J connectivity index is 4.48. The average Bonchev–Trinajstić information content (AvgIpc) is 2.35. The van der Waals surface area contributed by atoms with E-state index in [1.165, 1.54) is 21.0 Å². The Kier molecular flexibility index (Phi) is 6.91. The van der Waals surface area contributed by atoms with E-state index in [-0.39, 0.29) is 6.29 Å². The maximum Gasteiger partial charge on any atom is 0.311 e. The number of hydrogen-bond donors (Lipinski definition) is 3. The Hall–Kier alpha value is -2.45. The molecule has 20 heavy (non-hydrogen) atoms. The minimum Gasteiger partial charge on any atom is -0.481 e. The van der Waals surface area contributed by atoms with E-state index >= 15 is 0 Å². The number of rotatable bonds is 6. The molecular weight excluding hydrogens is 270 g/mol. The molecule has 2 atom stereocenters. The summed E-state index contributed by atoms with van der Waals surface area (Å²) in [5.41, 5.74) is 0. The lowest BCUT2D eigenvalue weighted by Crippen LogP contribution is -2.51. The Morgan fingerprint density at radius 3 is 2.15 bits per heavy atom. The highest BCUT2D eigenvalue weighted by atomic mass is 16.4. The van der Waals surface area contributed by atoms with Crippen LogP contribution in [0.3, 0.4) is 0 Å². The molecule has 3 amide bonds. The van der Waals surface area contributed by atoms with Gasteiger partial charge in [0.1, 0.15) is 12.3 Å². The number of nitrogens with one attached hydrogen (secondary N) is 2. The molecule has 0 aromatic heterocycles. The lowest BCUT2D eigenvalue weighted by Gasteiger charge is -2.17. The predicted molar refractivity (Wildman–Crippen MR) is 66.5 cm³/mol. The average molecular weight is 287 g/mol. The first-order valence-electron chi connectivity index (χ1n) is 5.68. The number of carboxylic acid groups (broad SMARTS) is 1. The van der Waals surface area contributed by atoms with Gasteiger partial charge in [0.25, 0.3) is 0 Å². The number of likely N-dealkylation sites (N-methyl/N-ethyl adjacent to an activating group) is 1. The van der Waals surface area contributed by atoms with Gasteiger partial charge in [-0.2, -0.15) is 0 Å². The second-order valence-corrected chi connectivity index (χ2v) is 4.24. The molecule has 3 N–H and O–H groups in total. The van der Waals surface area contributed by atoms with Crippen molar-refractivity contribution in [2.45, 2.75) is 25.4 Å². The van der Waals surface area contributed by atoms with Gasteiger partial charge >= 0.3 is 17.8 Å². The quantitative estimate of drug-likeness (QED) is 0.373. The van der Waals surface area contributed by atoms with E-state index in [0.29, 0.717) is 0 Å². The van der Waals surface area contributed by atoms with Crippen molar-refractivity contribution in [1.82, 2.24) is 15.5 Å². The number of aliphatic carboxylic acids is 1. The number of nitrogens with zero attached hydrogens (tertiary/aromatic N) is 1. The lowest BCUT2D eigenvalue weighted by molar-refractivity contribution is -0.145. The molecule has 0 aliphatic rings. The molecule has 0 radical (unpaired) electrons. The van der Waals surface area contributed by atoms with E-state index in [1.54, 1.807) is 0 Å². The van der Waals surface area contributed by atoms with Crippen LogP contribution in [0.2, 0.25) is 0 Å². The van der Waals surface area contributed by atoms with Crippen LogP contribution in [0, 0.1) is 0 Å². The van der Waals surface area contributed by atoms with Crippen molar-refractivity contribution < 1.29 is 29.1 Å². The zero-order chi connectivity index (χ0) is 15.9. The Morgan fingerprint density at radius 2 is 1.75 bits per heavy atom. The monoisotopic (exact) mass is 287 g/mol. The Morgan fingerprint density at radius 1 is 1.20 bits per heavy atom. The highest BCUT2D eigenvalue weighted by Crippen LogP contribution is 1.92. The molecule has 0 aliphatic carbocycles. The summed E-state index contributed by atoms with van der Waals surface area (Å²) in [6.07, 6.45) is -0.280. The number of amides is 3. The molecule has 0 aromatic carbocycles. The molecule has 112 valence electrons. The number of aldehydes is 1. The van der Waals surface area contributed by atoms with Crippen LogP contribution in [0.25, 0.3) is 0 Å². The summed E-state index contributed by atoms with van der Waals surface area (Å²) < 4.78 is 0. The van der Waals surface area contributed by atoms with E-state index < -0.39 is 42.2 Å². The number of carbonyl (C=O) groups is 5. The predicted octanol–water partition coefficient (Wildman–Crippen LogP) is -2.26. The van der Waals surface area contributed by atoms with Crippen LogP contribution in [0.1, 0.15) is 13.3 Å². The normalized spacial score (nSPS) is 12.8. The van der Waals surface area contributed by atoms with Crippen LogP contribution in [0.15, 0.2) is 0 Å². The topological polar surface area (TPSA) is 133 Å². The van der Waals surface area contributed by atoms with Gasteiger partial charge in [0, 0.05) is 14.1 Å². The van der Waals surface area contributed by atoms with Crippen molar-refractivity contribution in [1.29, 1.82) is 0 Å². The molecule has 0 aromatic rings. The van der Waals surface area contributed by atoms with Crippen molar-refractivity contribution in [3.05, 3.63) is 0 Å². The highest BCUT2D eigenvalue weighted by molar-refractivity contribution is 6.35. The van der Waals surface area contributed by atoms with Crippen LogP contribution < -0.4 is 10.6 Å². The zero-order valence-corrected chi connectivity index (χ0v) is 11.4. The number of carboxylic acids is 1. The maximum atomic E-state index is 11.6. The van der Waals surface area contributed by atoms with Crippen molar-refractivity contribution in [3.63, 3.8) is 0 Å². The molecule has 0 unspecified atom stereocenters. The van der Waals surface area contributed by atoms with Crippen LogP contribution in [-0.4, -0.2) is 66.2 Å². The first-order chi connectivity index (χ1) is 9.18. The lowest BCUT2D eigenvalue weighted by atomic mass is 10.2. The summed E-state index contributed by atoms with van der Waals surface area (Å²) in [4.78, 5) is 56.3. The standard InChI is InChI=1S/C11H17N3O6/c1-6(12-10(19)11(20)14(2)3)9(18)13-7(5-15)4-8(16)17/h5-7H,4H2,1-3H3,(H,12,19)(H,13,18)(H,16,17)/t6-,7-/m0/s1. The molecule has 0 spiro atoms. The third kappa shape index (κ3) is 5.94. The third-order valence-corrected chi connectivity index (χ3v) is 2.23. The first-order valence-corrected chi connectivity index (χ1v) is 5.68. The van der Waals surface area contributed by atoms with Gasteiger partial charge in [0.15, 0.2) is 0 Å². The van der Waals surface area contributed by atoms with Crippen molar-refractivity contribution >= 4 is 30.0 Å². The fourth-order valence-corrected chi connectivity index (χ4v) is 1.16. The molecule has 0 saturated carbocycles.